The van der Waals surface area contributed by atoms with E-state index in [1.54, 1.807) is 12.1 Å². The minimum atomic E-state index is -0.259. The zero-order chi connectivity index (χ0) is 33.0. The van der Waals surface area contributed by atoms with Crippen LogP contribution in [0, 0.1) is 34.9 Å². The Morgan fingerprint density at radius 2 is 1.02 bits per heavy atom. The largest absolute Gasteiger partial charge is 0.208 e. The summed E-state index contributed by atoms with van der Waals surface area (Å²) in [5.74, 6) is 4.03. The maximum Gasteiger partial charge on any atom is 0.164 e. The lowest BCUT2D eigenvalue weighted by molar-refractivity contribution is -0.00515. The van der Waals surface area contributed by atoms with Gasteiger partial charge in [0.05, 0.1) is 11.6 Å². The van der Waals surface area contributed by atoms with E-state index in [1.807, 2.05) is 60.7 Å². The summed E-state index contributed by atoms with van der Waals surface area (Å²) in [6.07, 6.45) is 7.91. The molecular formula is C44H35FN4. The van der Waals surface area contributed by atoms with Crippen LogP contribution in [-0.2, 0) is 5.41 Å². The molecule has 6 aromatic rings. The highest BCUT2D eigenvalue weighted by Crippen LogP contribution is 2.61. The van der Waals surface area contributed by atoms with E-state index in [4.69, 9.17) is 15.0 Å². The lowest BCUT2D eigenvalue weighted by Crippen LogP contribution is -2.48. The Balaban J connectivity index is 1.22. The van der Waals surface area contributed by atoms with Crippen LogP contribution in [-0.4, -0.2) is 15.0 Å². The van der Waals surface area contributed by atoms with Gasteiger partial charge in [-0.15, -0.1) is 0 Å². The third-order valence-electron chi connectivity index (χ3n) is 11.2. The second-order valence-electron chi connectivity index (χ2n) is 14.4. The highest BCUT2D eigenvalue weighted by molar-refractivity contribution is 5.76. The molecule has 4 aliphatic carbocycles. The molecule has 0 unspecified atom stereocenters. The van der Waals surface area contributed by atoms with Gasteiger partial charge in [-0.05, 0) is 132 Å². The van der Waals surface area contributed by atoms with Gasteiger partial charge in [0, 0.05) is 16.7 Å². The topological polar surface area (TPSA) is 62.5 Å². The van der Waals surface area contributed by atoms with Crippen molar-refractivity contribution in [3.05, 3.63) is 138 Å². The average molecular weight is 639 g/mol. The van der Waals surface area contributed by atoms with Crippen molar-refractivity contribution in [2.24, 2.45) is 17.8 Å². The number of halogens is 1. The minimum absolute atomic E-state index is 0.174. The van der Waals surface area contributed by atoms with Crippen LogP contribution in [0.1, 0.15) is 49.7 Å². The zero-order valence-corrected chi connectivity index (χ0v) is 27.2. The van der Waals surface area contributed by atoms with Crippen LogP contribution in [0.15, 0.2) is 121 Å². The lowest BCUT2D eigenvalue weighted by Gasteiger charge is -2.57. The quantitative estimate of drug-likeness (QED) is 0.182. The summed E-state index contributed by atoms with van der Waals surface area (Å²) in [6.45, 7) is 0. The van der Waals surface area contributed by atoms with Gasteiger partial charge >= 0.3 is 0 Å². The van der Waals surface area contributed by atoms with E-state index in [1.165, 1.54) is 56.2 Å². The van der Waals surface area contributed by atoms with Gasteiger partial charge in [-0.1, -0.05) is 78.9 Å². The maximum absolute atomic E-state index is 13.7. The van der Waals surface area contributed by atoms with Gasteiger partial charge in [0.25, 0.3) is 0 Å². The molecule has 0 N–H and O–H groups in total. The molecule has 4 fully saturated rings. The summed E-state index contributed by atoms with van der Waals surface area (Å²) in [7, 11) is 0. The van der Waals surface area contributed by atoms with Gasteiger partial charge < -0.3 is 0 Å². The van der Waals surface area contributed by atoms with Crippen molar-refractivity contribution in [1.29, 1.82) is 5.26 Å². The molecule has 0 saturated heterocycles. The van der Waals surface area contributed by atoms with Crippen molar-refractivity contribution in [1.82, 2.24) is 15.0 Å². The molecule has 0 spiro atoms. The van der Waals surface area contributed by atoms with Crippen molar-refractivity contribution < 1.29 is 4.39 Å². The summed E-state index contributed by atoms with van der Waals surface area (Å²) in [5, 5.41) is 9.48. The molecule has 1 heterocycles. The Labute approximate surface area is 286 Å². The molecule has 0 radical (unpaired) electrons. The first kappa shape index (κ1) is 29.7. The Morgan fingerprint density at radius 3 is 1.67 bits per heavy atom. The third-order valence-corrected chi connectivity index (χ3v) is 11.2. The van der Waals surface area contributed by atoms with Gasteiger partial charge in [0.15, 0.2) is 17.5 Å². The van der Waals surface area contributed by atoms with Crippen molar-refractivity contribution in [3.63, 3.8) is 0 Å². The Bertz CT molecular complexity index is 2180. The van der Waals surface area contributed by atoms with E-state index in [9.17, 15) is 9.65 Å². The molecule has 4 aliphatic rings. The van der Waals surface area contributed by atoms with Gasteiger partial charge in [-0.3, -0.25) is 0 Å². The monoisotopic (exact) mass is 638 g/mol. The first-order chi connectivity index (χ1) is 24.0. The first-order valence-corrected chi connectivity index (χ1v) is 17.3. The number of hydrogen-bond acceptors (Lipinski definition) is 4. The summed E-state index contributed by atoms with van der Waals surface area (Å²) in [5.41, 5.74) is 9.08. The van der Waals surface area contributed by atoms with Crippen molar-refractivity contribution >= 4 is 0 Å². The molecule has 49 heavy (non-hydrogen) atoms. The van der Waals surface area contributed by atoms with E-state index in [0.717, 1.165) is 56.7 Å². The normalized spacial score (nSPS) is 22.2. The molecule has 5 heteroatoms. The summed E-state index contributed by atoms with van der Waals surface area (Å²) in [6, 6.07) is 41.9. The fraction of sp³-hybridized carbons (Fsp3) is 0.227. The molecule has 0 aliphatic heterocycles. The van der Waals surface area contributed by atoms with Gasteiger partial charge in [0.2, 0.25) is 0 Å². The van der Waals surface area contributed by atoms with Crippen LogP contribution in [0.5, 0.6) is 0 Å². The van der Waals surface area contributed by atoms with Crippen LogP contribution in [0.3, 0.4) is 0 Å². The highest BCUT2D eigenvalue weighted by Gasteiger charge is 2.51. The second-order valence-corrected chi connectivity index (χ2v) is 14.4. The van der Waals surface area contributed by atoms with Gasteiger partial charge in [0.1, 0.15) is 5.82 Å². The van der Waals surface area contributed by atoms with Crippen LogP contribution >= 0.6 is 0 Å². The van der Waals surface area contributed by atoms with Gasteiger partial charge in [-0.25, -0.2) is 19.3 Å². The zero-order valence-electron chi connectivity index (χ0n) is 27.2. The standard InChI is InChI=1S/C44H35FN4/c45-40-15-13-32(14-16-40)35-7-4-8-36(20-35)42-47-41(34-5-2-1-3-6-34)48-43(49-42)38-21-37(33-11-9-28(27-46)10-12-33)22-39(23-38)44-24-29-17-30(25-44)19-31(18-29)26-44/h1-16,20-23,29-31H,17-19,24-26H2. The smallest absolute Gasteiger partial charge is 0.164 e. The summed E-state index contributed by atoms with van der Waals surface area (Å²) in [4.78, 5) is 15.3. The minimum Gasteiger partial charge on any atom is -0.208 e. The van der Waals surface area contributed by atoms with Crippen LogP contribution in [0.2, 0.25) is 0 Å². The van der Waals surface area contributed by atoms with Crippen molar-refractivity contribution in [2.75, 3.05) is 0 Å². The van der Waals surface area contributed by atoms with Crippen molar-refractivity contribution in [2.45, 2.75) is 43.9 Å². The summed E-state index contributed by atoms with van der Waals surface area (Å²) >= 11 is 0. The summed E-state index contributed by atoms with van der Waals surface area (Å²) < 4.78 is 13.7. The number of nitriles is 1. The molecule has 4 bridgehead atoms. The number of benzene rings is 5. The molecule has 0 atom stereocenters. The third kappa shape index (κ3) is 5.62. The Kier molecular flexibility index (Phi) is 7.20. The highest BCUT2D eigenvalue weighted by atomic mass is 19.1. The molecule has 1 aromatic heterocycles. The number of aromatic nitrogens is 3. The molecular weight excluding hydrogens is 604 g/mol. The molecule has 238 valence electrons. The number of hydrogen-bond donors (Lipinski definition) is 0. The van der Waals surface area contributed by atoms with Crippen LogP contribution in [0.25, 0.3) is 56.4 Å². The second kappa shape index (κ2) is 11.9. The molecule has 4 saturated carbocycles. The van der Waals surface area contributed by atoms with Gasteiger partial charge in [-0.2, -0.15) is 5.26 Å². The van der Waals surface area contributed by atoms with E-state index >= 15 is 0 Å². The number of nitrogens with zero attached hydrogens (tertiary/aromatic N) is 4. The van der Waals surface area contributed by atoms with E-state index < -0.39 is 0 Å². The average Bonchev–Trinajstić information content (AvgIpc) is 3.15. The Hall–Kier alpha value is -5.47. The lowest BCUT2D eigenvalue weighted by atomic mass is 9.48. The van der Waals surface area contributed by atoms with E-state index in [0.29, 0.717) is 23.0 Å². The fourth-order valence-electron chi connectivity index (χ4n) is 9.26. The van der Waals surface area contributed by atoms with Crippen LogP contribution in [0.4, 0.5) is 4.39 Å². The predicted molar refractivity (Wildman–Crippen MR) is 192 cm³/mol. The first-order valence-electron chi connectivity index (χ1n) is 17.3. The SMILES string of the molecule is N#Cc1ccc(-c2cc(-c3nc(-c4ccccc4)nc(-c4cccc(-c5ccc(F)cc5)c4)n3)cc(C34CC5CC(CC(C5)C3)C4)c2)cc1. The maximum atomic E-state index is 13.7. The van der Waals surface area contributed by atoms with E-state index in [2.05, 4.69) is 42.5 Å². The molecule has 5 aromatic carbocycles. The van der Waals surface area contributed by atoms with Crippen molar-refractivity contribution in [3.8, 4) is 62.5 Å². The van der Waals surface area contributed by atoms with Crippen LogP contribution < -0.4 is 0 Å². The Morgan fingerprint density at radius 1 is 0.510 bits per heavy atom. The molecule has 0 amide bonds. The number of rotatable bonds is 6. The molecule has 4 nitrogen and oxygen atoms in total. The molecule has 10 rings (SSSR count). The fourth-order valence-corrected chi connectivity index (χ4v) is 9.26. The predicted octanol–water partition coefficient (Wildman–Crippen LogP) is 10.7. The van der Waals surface area contributed by atoms with E-state index in [-0.39, 0.29) is 11.2 Å².